The number of nitrogens with zero attached hydrogens (tertiary/aromatic N) is 3. The maximum Gasteiger partial charge on any atom is 0.416 e. The normalized spacial score (nSPS) is 17.2. The van der Waals surface area contributed by atoms with Crippen LogP contribution in [0, 0.1) is 0 Å². The number of anilines is 1. The van der Waals surface area contributed by atoms with Gasteiger partial charge in [0.2, 0.25) is 0 Å². The summed E-state index contributed by atoms with van der Waals surface area (Å²) >= 11 is 0. The number of pyridine rings is 1. The SMILES string of the molecule is CN(C)C1CCN(CCNc2ccnc3cc(C(F)(F)F)ccc23)CC1. The van der Waals surface area contributed by atoms with Crippen LogP contribution in [0.4, 0.5) is 18.9 Å². The largest absolute Gasteiger partial charge is 0.416 e. The highest BCUT2D eigenvalue weighted by molar-refractivity contribution is 5.91. The van der Waals surface area contributed by atoms with Crippen LogP contribution in [-0.4, -0.2) is 61.1 Å². The van der Waals surface area contributed by atoms with Gasteiger partial charge in [0.25, 0.3) is 0 Å². The zero-order valence-electron chi connectivity index (χ0n) is 15.2. The van der Waals surface area contributed by atoms with Crippen LogP contribution in [0.3, 0.4) is 0 Å². The molecule has 1 N–H and O–H groups in total. The van der Waals surface area contributed by atoms with Crippen molar-refractivity contribution in [1.29, 1.82) is 0 Å². The Labute approximate surface area is 152 Å². The van der Waals surface area contributed by atoms with Crippen molar-refractivity contribution in [2.45, 2.75) is 25.1 Å². The van der Waals surface area contributed by atoms with E-state index in [-0.39, 0.29) is 0 Å². The fourth-order valence-electron chi connectivity index (χ4n) is 3.49. The summed E-state index contributed by atoms with van der Waals surface area (Å²) in [6.07, 6.45) is -0.456. The van der Waals surface area contributed by atoms with Crippen LogP contribution in [-0.2, 0) is 6.18 Å². The van der Waals surface area contributed by atoms with Crippen molar-refractivity contribution in [3.05, 3.63) is 36.0 Å². The third-order valence-corrected chi connectivity index (χ3v) is 5.10. The van der Waals surface area contributed by atoms with Crippen LogP contribution in [0.2, 0.25) is 0 Å². The summed E-state index contributed by atoms with van der Waals surface area (Å²) in [7, 11) is 4.25. The van der Waals surface area contributed by atoms with Gasteiger partial charge in [-0.25, -0.2) is 0 Å². The number of benzene rings is 1. The van der Waals surface area contributed by atoms with E-state index in [4.69, 9.17) is 0 Å². The summed E-state index contributed by atoms with van der Waals surface area (Å²) < 4.78 is 38.6. The maximum absolute atomic E-state index is 12.9. The molecule has 7 heteroatoms. The molecule has 1 aliphatic rings. The lowest BCUT2D eigenvalue weighted by Crippen LogP contribution is -2.43. The smallest absolute Gasteiger partial charge is 0.383 e. The van der Waals surface area contributed by atoms with E-state index in [1.807, 2.05) is 6.07 Å². The standard InChI is InChI=1S/C19H25F3N4/c1-25(2)15-6-10-26(11-7-15)12-9-24-17-5-8-23-18-13-14(19(20,21)22)3-4-16(17)18/h3-5,8,13,15H,6-7,9-12H2,1-2H3,(H,23,24). The Morgan fingerprint density at radius 1 is 1.19 bits per heavy atom. The van der Waals surface area contributed by atoms with Crippen molar-refractivity contribution in [1.82, 2.24) is 14.8 Å². The topological polar surface area (TPSA) is 31.4 Å². The molecule has 1 aromatic carbocycles. The molecule has 0 bridgehead atoms. The van der Waals surface area contributed by atoms with E-state index in [9.17, 15) is 13.2 Å². The van der Waals surface area contributed by atoms with E-state index in [1.165, 1.54) is 18.9 Å². The number of piperidine rings is 1. The molecule has 4 nitrogen and oxygen atoms in total. The van der Waals surface area contributed by atoms with Gasteiger partial charge in [-0.3, -0.25) is 4.98 Å². The van der Waals surface area contributed by atoms with E-state index in [1.54, 1.807) is 6.20 Å². The molecule has 0 unspecified atom stereocenters. The molecule has 0 aliphatic carbocycles. The Balaban J connectivity index is 1.59. The lowest BCUT2D eigenvalue weighted by Gasteiger charge is -2.35. The van der Waals surface area contributed by atoms with Gasteiger partial charge in [-0.15, -0.1) is 0 Å². The first-order valence-electron chi connectivity index (χ1n) is 8.93. The summed E-state index contributed by atoms with van der Waals surface area (Å²) in [5.74, 6) is 0. The van der Waals surface area contributed by atoms with Gasteiger partial charge >= 0.3 is 6.18 Å². The molecule has 0 spiro atoms. The summed E-state index contributed by atoms with van der Waals surface area (Å²) in [5, 5.41) is 4.07. The third-order valence-electron chi connectivity index (χ3n) is 5.10. The van der Waals surface area contributed by atoms with Gasteiger partial charge in [0.1, 0.15) is 0 Å². The number of rotatable bonds is 5. The number of alkyl halides is 3. The third kappa shape index (κ3) is 4.45. The summed E-state index contributed by atoms with van der Waals surface area (Å²) in [5.41, 5.74) is 0.516. The average molecular weight is 366 g/mol. The van der Waals surface area contributed by atoms with E-state index < -0.39 is 11.7 Å². The minimum Gasteiger partial charge on any atom is -0.383 e. The highest BCUT2D eigenvalue weighted by Gasteiger charge is 2.30. The van der Waals surface area contributed by atoms with Crippen molar-refractivity contribution >= 4 is 16.6 Å². The molecule has 0 saturated carbocycles. The Bertz CT molecular complexity index is 737. The van der Waals surface area contributed by atoms with Crippen molar-refractivity contribution in [2.75, 3.05) is 45.6 Å². The van der Waals surface area contributed by atoms with Gasteiger partial charge < -0.3 is 15.1 Å². The number of aromatic nitrogens is 1. The van der Waals surface area contributed by atoms with Crippen LogP contribution in [0.1, 0.15) is 18.4 Å². The molecule has 3 rings (SSSR count). The van der Waals surface area contributed by atoms with Crippen molar-refractivity contribution in [2.24, 2.45) is 0 Å². The molecule has 1 saturated heterocycles. The Kier molecular flexibility index (Phi) is 5.67. The second-order valence-corrected chi connectivity index (χ2v) is 7.05. The van der Waals surface area contributed by atoms with E-state index in [2.05, 4.69) is 34.2 Å². The highest BCUT2D eigenvalue weighted by Crippen LogP contribution is 2.32. The Hall–Kier alpha value is -1.86. The first kappa shape index (κ1) is 18.9. The second-order valence-electron chi connectivity index (χ2n) is 7.05. The lowest BCUT2D eigenvalue weighted by atomic mass is 10.0. The number of likely N-dealkylation sites (tertiary alicyclic amines) is 1. The van der Waals surface area contributed by atoms with Crippen LogP contribution in [0.15, 0.2) is 30.5 Å². The minimum absolute atomic E-state index is 0.358. The summed E-state index contributed by atoms with van der Waals surface area (Å²) in [6.45, 7) is 3.84. The van der Waals surface area contributed by atoms with Crippen molar-refractivity contribution < 1.29 is 13.2 Å². The molecule has 2 heterocycles. The van der Waals surface area contributed by atoms with Gasteiger partial charge in [-0.1, -0.05) is 6.07 Å². The van der Waals surface area contributed by atoms with E-state index >= 15 is 0 Å². The fourth-order valence-corrected chi connectivity index (χ4v) is 3.49. The first-order valence-corrected chi connectivity index (χ1v) is 8.93. The van der Waals surface area contributed by atoms with Gasteiger partial charge in [0.05, 0.1) is 11.1 Å². The monoisotopic (exact) mass is 366 g/mol. The predicted molar refractivity (Wildman–Crippen MR) is 98.4 cm³/mol. The second kappa shape index (κ2) is 7.80. The molecule has 1 aromatic heterocycles. The summed E-state index contributed by atoms with van der Waals surface area (Å²) in [4.78, 5) is 8.80. The quantitative estimate of drug-likeness (QED) is 0.875. The molecule has 26 heavy (non-hydrogen) atoms. The van der Waals surface area contributed by atoms with E-state index in [0.29, 0.717) is 16.9 Å². The maximum atomic E-state index is 12.9. The first-order chi connectivity index (χ1) is 12.3. The lowest BCUT2D eigenvalue weighted by molar-refractivity contribution is -0.137. The van der Waals surface area contributed by atoms with Gasteiger partial charge in [0, 0.05) is 36.4 Å². The molecule has 1 aliphatic heterocycles. The van der Waals surface area contributed by atoms with Crippen molar-refractivity contribution in [3.8, 4) is 0 Å². The molecular formula is C19H25F3N4. The van der Waals surface area contributed by atoms with Gasteiger partial charge in [-0.05, 0) is 58.2 Å². The number of hydrogen-bond acceptors (Lipinski definition) is 4. The van der Waals surface area contributed by atoms with Crippen LogP contribution < -0.4 is 5.32 Å². The van der Waals surface area contributed by atoms with E-state index in [0.717, 1.165) is 44.0 Å². The Morgan fingerprint density at radius 2 is 1.92 bits per heavy atom. The zero-order chi connectivity index (χ0) is 18.7. The number of halogens is 3. The molecular weight excluding hydrogens is 341 g/mol. The average Bonchev–Trinajstić information content (AvgIpc) is 2.61. The molecule has 0 radical (unpaired) electrons. The van der Waals surface area contributed by atoms with Crippen LogP contribution >= 0.6 is 0 Å². The van der Waals surface area contributed by atoms with Crippen LogP contribution in [0.5, 0.6) is 0 Å². The number of nitrogens with one attached hydrogen (secondary N) is 1. The fraction of sp³-hybridized carbons (Fsp3) is 0.526. The van der Waals surface area contributed by atoms with Gasteiger partial charge in [-0.2, -0.15) is 13.2 Å². The molecule has 0 amide bonds. The van der Waals surface area contributed by atoms with Crippen molar-refractivity contribution in [3.63, 3.8) is 0 Å². The minimum atomic E-state index is -4.35. The molecule has 142 valence electrons. The molecule has 0 atom stereocenters. The Morgan fingerprint density at radius 3 is 2.58 bits per heavy atom. The molecule has 2 aromatic rings. The predicted octanol–water partition coefficient (Wildman–Crippen LogP) is 3.69. The number of hydrogen-bond donors (Lipinski definition) is 1. The number of fused-ring (bicyclic) bond motifs is 1. The molecule has 1 fully saturated rings. The zero-order valence-corrected chi connectivity index (χ0v) is 15.2. The highest BCUT2D eigenvalue weighted by atomic mass is 19.4. The van der Waals surface area contributed by atoms with Crippen LogP contribution in [0.25, 0.3) is 10.9 Å². The summed E-state index contributed by atoms with van der Waals surface area (Å²) in [6, 6.07) is 6.18. The van der Waals surface area contributed by atoms with Gasteiger partial charge in [0.15, 0.2) is 0 Å².